The Labute approximate surface area is 102 Å². The van der Waals surface area contributed by atoms with Crippen molar-refractivity contribution < 1.29 is 9.53 Å². The van der Waals surface area contributed by atoms with Crippen LogP contribution in [0.5, 0.6) is 0 Å². The van der Waals surface area contributed by atoms with Gasteiger partial charge in [0.1, 0.15) is 12.3 Å². The van der Waals surface area contributed by atoms with Gasteiger partial charge in [0.05, 0.1) is 0 Å². The second-order valence-electron chi connectivity index (χ2n) is 3.29. The van der Waals surface area contributed by atoms with Crippen molar-refractivity contribution in [1.82, 2.24) is 4.98 Å². The van der Waals surface area contributed by atoms with Gasteiger partial charge in [-0.2, -0.15) is 0 Å². The van der Waals surface area contributed by atoms with Gasteiger partial charge in [-0.1, -0.05) is 30.3 Å². The van der Waals surface area contributed by atoms with Crippen molar-refractivity contribution in [2.45, 2.75) is 6.61 Å². The molecule has 2 aromatic rings. The summed E-state index contributed by atoms with van der Waals surface area (Å²) >= 11 is 3.26. The fraction of sp³-hybridized carbons (Fsp3) is 0.0833. The monoisotopic (exact) mass is 279 g/mol. The summed E-state index contributed by atoms with van der Waals surface area (Å²) in [5.41, 5.74) is 1.42. The summed E-state index contributed by atoms with van der Waals surface area (Å²) in [5.74, 6) is -0.352. The molecule has 4 heteroatoms. The number of hydrogen-bond acceptors (Lipinski definition) is 2. The predicted octanol–water partition coefficient (Wildman–Crippen LogP) is 3.13. The van der Waals surface area contributed by atoms with Crippen molar-refractivity contribution in [3.63, 3.8) is 0 Å². The number of ether oxygens (including phenoxy) is 1. The van der Waals surface area contributed by atoms with E-state index in [0.29, 0.717) is 5.69 Å². The Kier molecular flexibility index (Phi) is 3.41. The van der Waals surface area contributed by atoms with Crippen molar-refractivity contribution in [3.8, 4) is 0 Å². The molecule has 0 radical (unpaired) electrons. The van der Waals surface area contributed by atoms with Gasteiger partial charge in [0, 0.05) is 10.7 Å². The maximum Gasteiger partial charge on any atom is 0.355 e. The topological polar surface area (TPSA) is 42.1 Å². The number of aromatic amines is 1. The van der Waals surface area contributed by atoms with Gasteiger partial charge in [0.2, 0.25) is 0 Å². The molecule has 0 unspecified atom stereocenters. The summed E-state index contributed by atoms with van der Waals surface area (Å²) in [5, 5.41) is 0. The molecule has 0 saturated carbocycles. The van der Waals surface area contributed by atoms with Crippen molar-refractivity contribution in [2.75, 3.05) is 0 Å². The largest absolute Gasteiger partial charge is 0.456 e. The van der Waals surface area contributed by atoms with Gasteiger partial charge in [-0.25, -0.2) is 4.79 Å². The normalized spacial score (nSPS) is 10.1. The SMILES string of the molecule is O=C(OCc1ccccc1)c1cc(Br)c[nH]1. The molecule has 2 rings (SSSR count). The van der Waals surface area contributed by atoms with Crippen LogP contribution in [0.1, 0.15) is 16.1 Å². The van der Waals surface area contributed by atoms with E-state index in [4.69, 9.17) is 4.74 Å². The molecule has 1 aromatic heterocycles. The molecular weight excluding hydrogens is 270 g/mol. The first-order chi connectivity index (χ1) is 7.75. The van der Waals surface area contributed by atoms with Crippen LogP contribution in [-0.4, -0.2) is 11.0 Å². The lowest BCUT2D eigenvalue weighted by molar-refractivity contribution is 0.0466. The second-order valence-corrected chi connectivity index (χ2v) is 4.21. The van der Waals surface area contributed by atoms with E-state index in [2.05, 4.69) is 20.9 Å². The van der Waals surface area contributed by atoms with Crippen molar-refractivity contribution in [1.29, 1.82) is 0 Å². The summed E-state index contributed by atoms with van der Waals surface area (Å²) in [6.07, 6.45) is 1.69. The molecule has 0 atom stereocenters. The van der Waals surface area contributed by atoms with Gasteiger partial charge < -0.3 is 9.72 Å². The molecule has 82 valence electrons. The van der Waals surface area contributed by atoms with E-state index in [9.17, 15) is 4.79 Å². The van der Waals surface area contributed by atoms with Crippen LogP contribution in [0.3, 0.4) is 0 Å². The third kappa shape index (κ3) is 2.73. The van der Waals surface area contributed by atoms with Crippen LogP contribution in [0.15, 0.2) is 47.1 Å². The van der Waals surface area contributed by atoms with Crippen molar-refractivity contribution in [3.05, 3.63) is 58.3 Å². The third-order valence-electron chi connectivity index (χ3n) is 2.08. The first-order valence-electron chi connectivity index (χ1n) is 4.80. The van der Waals surface area contributed by atoms with Gasteiger partial charge in [0.15, 0.2) is 0 Å². The molecule has 0 amide bonds. The standard InChI is InChI=1S/C12H10BrNO2/c13-10-6-11(14-7-10)12(15)16-8-9-4-2-1-3-5-9/h1-7,14H,8H2. The Hall–Kier alpha value is -1.55. The van der Waals surface area contributed by atoms with Crippen molar-refractivity contribution in [2.24, 2.45) is 0 Å². The average Bonchev–Trinajstić information content (AvgIpc) is 2.74. The third-order valence-corrected chi connectivity index (χ3v) is 2.54. The first kappa shape index (κ1) is 11.0. The lowest BCUT2D eigenvalue weighted by Gasteiger charge is -2.02. The summed E-state index contributed by atoms with van der Waals surface area (Å²) in [7, 11) is 0. The van der Waals surface area contributed by atoms with Crippen LogP contribution < -0.4 is 0 Å². The lowest BCUT2D eigenvalue weighted by atomic mass is 10.2. The van der Waals surface area contributed by atoms with Gasteiger partial charge in [-0.05, 0) is 27.6 Å². The number of nitrogens with one attached hydrogen (secondary N) is 1. The van der Waals surface area contributed by atoms with Gasteiger partial charge in [-0.15, -0.1) is 0 Å². The number of carbonyl (C=O) groups is 1. The number of esters is 1. The number of hydrogen-bond donors (Lipinski definition) is 1. The second kappa shape index (κ2) is 4.99. The van der Waals surface area contributed by atoms with Gasteiger partial charge >= 0.3 is 5.97 Å². The fourth-order valence-corrected chi connectivity index (χ4v) is 1.63. The minimum absolute atomic E-state index is 0.288. The molecule has 0 fully saturated rings. The van der Waals surface area contributed by atoms with E-state index < -0.39 is 0 Å². The molecule has 0 spiro atoms. The molecule has 1 heterocycles. The number of aromatic nitrogens is 1. The Morgan fingerprint density at radius 2 is 2.06 bits per heavy atom. The molecule has 0 saturated heterocycles. The van der Waals surface area contributed by atoms with Crippen LogP contribution >= 0.6 is 15.9 Å². The molecule has 16 heavy (non-hydrogen) atoms. The number of halogens is 1. The van der Waals surface area contributed by atoms with E-state index in [1.54, 1.807) is 12.3 Å². The highest BCUT2D eigenvalue weighted by atomic mass is 79.9. The molecule has 3 nitrogen and oxygen atoms in total. The highest BCUT2D eigenvalue weighted by molar-refractivity contribution is 9.10. The van der Waals surface area contributed by atoms with Crippen LogP contribution in [-0.2, 0) is 11.3 Å². The molecular formula is C12H10BrNO2. The van der Waals surface area contributed by atoms with Gasteiger partial charge in [-0.3, -0.25) is 0 Å². The van der Waals surface area contributed by atoms with Crippen LogP contribution in [0, 0.1) is 0 Å². The Balaban J connectivity index is 1.94. The zero-order chi connectivity index (χ0) is 11.4. The van der Waals surface area contributed by atoms with Crippen LogP contribution in [0.4, 0.5) is 0 Å². The molecule has 0 aliphatic heterocycles. The van der Waals surface area contributed by atoms with E-state index in [1.807, 2.05) is 30.3 Å². The highest BCUT2D eigenvalue weighted by Crippen LogP contribution is 2.12. The zero-order valence-corrected chi connectivity index (χ0v) is 10.0. The maximum absolute atomic E-state index is 11.6. The Bertz CT molecular complexity index is 479. The number of benzene rings is 1. The average molecular weight is 280 g/mol. The molecule has 1 N–H and O–H groups in total. The van der Waals surface area contributed by atoms with Crippen molar-refractivity contribution >= 4 is 21.9 Å². The summed E-state index contributed by atoms with van der Waals surface area (Å²) in [4.78, 5) is 14.4. The minimum atomic E-state index is -0.352. The Morgan fingerprint density at radius 3 is 2.69 bits per heavy atom. The highest BCUT2D eigenvalue weighted by Gasteiger charge is 2.08. The lowest BCUT2D eigenvalue weighted by Crippen LogP contribution is -2.05. The minimum Gasteiger partial charge on any atom is -0.456 e. The summed E-state index contributed by atoms with van der Waals surface area (Å²) in [6.45, 7) is 0.288. The summed E-state index contributed by atoms with van der Waals surface area (Å²) < 4.78 is 5.97. The molecule has 1 aromatic carbocycles. The van der Waals surface area contributed by atoms with E-state index >= 15 is 0 Å². The molecule has 0 aliphatic carbocycles. The predicted molar refractivity (Wildman–Crippen MR) is 64.1 cm³/mol. The fourth-order valence-electron chi connectivity index (χ4n) is 1.29. The van der Waals surface area contributed by atoms with Gasteiger partial charge in [0.25, 0.3) is 0 Å². The van der Waals surface area contributed by atoms with E-state index in [0.717, 1.165) is 10.0 Å². The number of rotatable bonds is 3. The number of H-pyrrole nitrogens is 1. The molecule has 0 aliphatic rings. The maximum atomic E-state index is 11.6. The quantitative estimate of drug-likeness (QED) is 0.878. The van der Waals surface area contributed by atoms with E-state index in [-0.39, 0.29) is 12.6 Å². The van der Waals surface area contributed by atoms with E-state index in [1.165, 1.54) is 0 Å². The smallest absolute Gasteiger partial charge is 0.355 e. The van der Waals surface area contributed by atoms with Crippen LogP contribution in [0.2, 0.25) is 0 Å². The molecule has 0 bridgehead atoms. The Morgan fingerprint density at radius 1 is 1.31 bits per heavy atom. The zero-order valence-electron chi connectivity index (χ0n) is 8.44. The summed E-state index contributed by atoms with van der Waals surface area (Å²) in [6, 6.07) is 11.3. The number of carbonyl (C=O) groups excluding carboxylic acids is 1. The first-order valence-corrected chi connectivity index (χ1v) is 5.60. The van der Waals surface area contributed by atoms with Crippen LogP contribution in [0.25, 0.3) is 0 Å².